The third-order valence-corrected chi connectivity index (χ3v) is 4.03. The second-order valence-corrected chi connectivity index (χ2v) is 6.57. The fraction of sp³-hybridized carbons (Fsp3) is 0.529. The lowest BCUT2D eigenvalue weighted by molar-refractivity contribution is -0.131. The summed E-state index contributed by atoms with van der Waals surface area (Å²) in [5.74, 6) is -0.504. The van der Waals surface area contributed by atoms with Crippen LogP contribution in [0.25, 0.3) is 0 Å². The van der Waals surface area contributed by atoms with Crippen molar-refractivity contribution in [1.29, 1.82) is 0 Å². The number of hydrogen-bond donors (Lipinski definition) is 2. The van der Waals surface area contributed by atoms with Gasteiger partial charge in [-0.05, 0) is 38.1 Å². The summed E-state index contributed by atoms with van der Waals surface area (Å²) in [6, 6.07) is 6.37. The van der Waals surface area contributed by atoms with E-state index >= 15 is 0 Å². The number of amides is 2. The van der Waals surface area contributed by atoms with E-state index in [1.54, 1.807) is 30.9 Å². The van der Waals surface area contributed by atoms with Gasteiger partial charge in [-0.2, -0.15) is 0 Å². The second-order valence-electron chi connectivity index (χ2n) is 6.57. The molecule has 0 aromatic heterocycles. The molecule has 0 unspecified atom stereocenters. The van der Waals surface area contributed by atoms with Crippen LogP contribution in [0.4, 0.5) is 10.1 Å². The molecule has 0 radical (unpaired) electrons. The van der Waals surface area contributed by atoms with Gasteiger partial charge in [-0.25, -0.2) is 4.39 Å². The summed E-state index contributed by atoms with van der Waals surface area (Å²) in [7, 11) is 0. The molecule has 0 atom stereocenters. The standard InChI is InChI=1S/C17H25FN4O2.2ClH/c1-17(2,19)16(24)20-8-7-15(23)22-11-9-21(10-12-22)14-5-3-13(18)4-6-14;;/h3-6H,7-12,19H2,1-2H3,(H,20,24);2*1H. The highest BCUT2D eigenvalue weighted by Gasteiger charge is 2.23. The van der Waals surface area contributed by atoms with E-state index in [0.29, 0.717) is 26.2 Å². The van der Waals surface area contributed by atoms with Crippen LogP contribution in [0.1, 0.15) is 20.3 Å². The SMILES string of the molecule is CC(C)(N)C(=O)NCCC(=O)N1CCN(c2ccc(F)cc2)CC1.Cl.Cl. The van der Waals surface area contributed by atoms with Gasteiger partial charge >= 0.3 is 0 Å². The fourth-order valence-corrected chi connectivity index (χ4v) is 2.53. The highest BCUT2D eigenvalue weighted by atomic mass is 35.5. The van der Waals surface area contributed by atoms with Crippen LogP contribution in [0.2, 0.25) is 0 Å². The lowest BCUT2D eigenvalue weighted by Crippen LogP contribution is -2.51. The Labute approximate surface area is 166 Å². The molecule has 0 spiro atoms. The maximum absolute atomic E-state index is 13.0. The normalized spacial score (nSPS) is 14.2. The first-order chi connectivity index (χ1) is 11.3. The number of benzene rings is 1. The molecule has 1 aromatic rings. The van der Waals surface area contributed by atoms with E-state index in [-0.39, 0.29) is 55.4 Å². The molecule has 1 fully saturated rings. The van der Waals surface area contributed by atoms with E-state index < -0.39 is 5.54 Å². The second kappa shape index (κ2) is 10.5. The molecular weight excluding hydrogens is 382 g/mol. The Morgan fingerprint density at radius 2 is 1.65 bits per heavy atom. The maximum atomic E-state index is 13.0. The average molecular weight is 409 g/mol. The van der Waals surface area contributed by atoms with Crippen LogP contribution in [0.15, 0.2) is 24.3 Å². The van der Waals surface area contributed by atoms with Crippen molar-refractivity contribution in [2.24, 2.45) is 5.73 Å². The molecule has 2 amide bonds. The number of nitrogens with zero attached hydrogens (tertiary/aromatic N) is 2. The van der Waals surface area contributed by atoms with Gasteiger partial charge in [-0.1, -0.05) is 0 Å². The summed E-state index contributed by atoms with van der Waals surface area (Å²) in [6.45, 7) is 6.19. The molecule has 9 heteroatoms. The van der Waals surface area contributed by atoms with Crippen molar-refractivity contribution >= 4 is 42.3 Å². The molecule has 1 aliphatic rings. The van der Waals surface area contributed by atoms with E-state index in [0.717, 1.165) is 5.69 Å². The van der Waals surface area contributed by atoms with E-state index in [1.165, 1.54) is 12.1 Å². The van der Waals surface area contributed by atoms with Crippen molar-refractivity contribution in [3.63, 3.8) is 0 Å². The lowest BCUT2D eigenvalue weighted by atomic mass is 10.1. The minimum Gasteiger partial charge on any atom is -0.368 e. The third-order valence-electron chi connectivity index (χ3n) is 4.03. The van der Waals surface area contributed by atoms with E-state index in [9.17, 15) is 14.0 Å². The smallest absolute Gasteiger partial charge is 0.239 e. The molecule has 1 heterocycles. The van der Waals surface area contributed by atoms with Gasteiger partial charge < -0.3 is 20.9 Å². The van der Waals surface area contributed by atoms with Gasteiger partial charge in [0.15, 0.2) is 0 Å². The van der Waals surface area contributed by atoms with Crippen LogP contribution in [0, 0.1) is 5.82 Å². The van der Waals surface area contributed by atoms with Gasteiger partial charge in [0, 0.05) is 44.8 Å². The summed E-state index contributed by atoms with van der Waals surface area (Å²) in [4.78, 5) is 27.8. The molecule has 26 heavy (non-hydrogen) atoms. The molecule has 6 nitrogen and oxygen atoms in total. The number of anilines is 1. The predicted molar refractivity (Wildman–Crippen MR) is 106 cm³/mol. The summed E-state index contributed by atoms with van der Waals surface area (Å²) in [5.41, 5.74) is 5.70. The largest absolute Gasteiger partial charge is 0.368 e. The van der Waals surface area contributed by atoms with Crippen molar-refractivity contribution in [3.05, 3.63) is 30.1 Å². The van der Waals surface area contributed by atoms with Crippen LogP contribution >= 0.6 is 24.8 Å². The van der Waals surface area contributed by atoms with Gasteiger partial charge in [0.05, 0.1) is 5.54 Å². The zero-order chi connectivity index (χ0) is 17.7. The zero-order valence-corrected chi connectivity index (χ0v) is 16.7. The molecule has 0 aliphatic carbocycles. The number of carbonyl (C=O) groups excluding carboxylic acids is 2. The molecular formula is C17H27Cl2FN4O2. The summed E-state index contributed by atoms with van der Waals surface area (Å²) >= 11 is 0. The monoisotopic (exact) mass is 408 g/mol. The number of carbonyl (C=O) groups is 2. The molecule has 1 aromatic carbocycles. The Bertz CT molecular complexity index is 585. The topological polar surface area (TPSA) is 78.7 Å². The van der Waals surface area contributed by atoms with E-state index in [1.807, 2.05) is 0 Å². The Hall–Kier alpha value is -1.57. The van der Waals surface area contributed by atoms with Crippen LogP contribution in [0.3, 0.4) is 0 Å². The van der Waals surface area contributed by atoms with Gasteiger partial charge in [0.2, 0.25) is 11.8 Å². The van der Waals surface area contributed by atoms with E-state index in [2.05, 4.69) is 10.2 Å². The van der Waals surface area contributed by atoms with Crippen molar-refractivity contribution in [2.75, 3.05) is 37.6 Å². The van der Waals surface area contributed by atoms with Crippen molar-refractivity contribution in [1.82, 2.24) is 10.2 Å². The maximum Gasteiger partial charge on any atom is 0.239 e. The van der Waals surface area contributed by atoms with Gasteiger partial charge in [0.25, 0.3) is 0 Å². The quantitative estimate of drug-likeness (QED) is 0.774. The molecule has 148 valence electrons. The average Bonchev–Trinajstić information content (AvgIpc) is 2.54. The van der Waals surface area contributed by atoms with Crippen molar-refractivity contribution in [3.8, 4) is 0 Å². The summed E-state index contributed by atoms with van der Waals surface area (Å²) in [5, 5.41) is 2.68. The van der Waals surface area contributed by atoms with Crippen molar-refractivity contribution < 1.29 is 14.0 Å². The number of nitrogens with two attached hydrogens (primary N) is 1. The Kier molecular flexibility index (Phi) is 9.91. The minimum atomic E-state index is -0.941. The number of hydrogen-bond acceptors (Lipinski definition) is 4. The minimum absolute atomic E-state index is 0. The number of nitrogens with one attached hydrogen (secondary N) is 1. The molecule has 3 N–H and O–H groups in total. The van der Waals surface area contributed by atoms with Crippen LogP contribution < -0.4 is 16.0 Å². The molecule has 2 rings (SSSR count). The van der Waals surface area contributed by atoms with E-state index in [4.69, 9.17) is 5.73 Å². The van der Waals surface area contributed by atoms with Gasteiger partial charge in [0.1, 0.15) is 5.82 Å². The van der Waals surface area contributed by atoms with Gasteiger partial charge in [-0.3, -0.25) is 9.59 Å². The highest BCUT2D eigenvalue weighted by Crippen LogP contribution is 2.17. The highest BCUT2D eigenvalue weighted by molar-refractivity contribution is 5.86. The lowest BCUT2D eigenvalue weighted by Gasteiger charge is -2.36. The van der Waals surface area contributed by atoms with Crippen molar-refractivity contribution in [2.45, 2.75) is 25.8 Å². The zero-order valence-electron chi connectivity index (χ0n) is 15.0. The Morgan fingerprint density at radius 3 is 2.15 bits per heavy atom. The molecule has 0 bridgehead atoms. The van der Waals surface area contributed by atoms with Gasteiger partial charge in [-0.15, -0.1) is 24.8 Å². The third kappa shape index (κ3) is 6.97. The Balaban J connectivity index is 0.00000312. The first kappa shape index (κ1) is 24.4. The molecule has 0 saturated carbocycles. The van der Waals surface area contributed by atoms with Crippen LogP contribution in [-0.2, 0) is 9.59 Å². The van der Waals surface area contributed by atoms with Crippen LogP contribution in [-0.4, -0.2) is 55.0 Å². The first-order valence-corrected chi connectivity index (χ1v) is 8.13. The molecule has 1 saturated heterocycles. The molecule has 1 aliphatic heterocycles. The number of rotatable bonds is 5. The predicted octanol–water partition coefficient (Wildman–Crippen LogP) is 1.56. The number of piperazine rings is 1. The fourth-order valence-electron chi connectivity index (χ4n) is 2.53. The first-order valence-electron chi connectivity index (χ1n) is 8.13. The van der Waals surface area contributed by atoms with Crippen LogP contribution in [0.5, 0.6) is 0 Å². The Morgan fingerprint density at radius 1 is 1.12 bits per heavy atom. The number of halogens is 3. The summed E-state index contributed by atoms with van der Waals surface area (Å²) in [6.07, 6.45) is 0.262. The summed E-state index contributed by atoms with van der Waals surface area (Å²) < 4.78 is 13.0.